The summed E-state index contributed by atoms with van der Waals surface area (Å²) in [4.78, 5) is 11.2. The number of hydrogen-bond donors (Lipinski definition) is 2. The predicted molar refractivity (Wildman–Crippen MR) is 80.7 cm³/mol. The first kappa shape index (κ1) is 15.8. The number of carbonyl (C=O) groups is 1. The Labute approximate surface area is 125 Å². The lowest BCUT2D eigenvalue weighted by Gasteiger charge is -2.21. The van der Waals surface area contributed by atoms with E-state index in [4.69, 9.17) is 0 Å². The molecule has 21 heavy (non-hydrogen) atoms. The van der Waals surface area contributed by atoms with E-state index in [0.717, 1.165) is 31.2 Å². The van der Waals surface area contributed by atoms with Crippen LogP contribution in [0, 0.1) is 6.92 Å². The Morgan fingerprint density at radius 1 is 1.19 bits per heavy atom. The maximum Gasteiger partial charge on any atom is 0.337 e. The van der Waals surface area contributed by atoms with Crippen molar-refractivity contribution in [3.05, 3.63) is 29.3 Å². The second-order valence-electron chi connectivity index (χ2n) is 5.27. The highest BCUT2D eigenvalue weighted by atomic mass is 32.2. The summed E-state index contributed by atoms with van der Waals surface area (Å²) in [5, 5.41) is 9.19. The van der Waals surface area contributed by atoms with Gasteiger partial charge in [-0.25, -0.2) is 4.79 Å². The van der Waals surface area contributed by atoms with Crippen LogP contribution < -0.4 is 4.72 Å². The number of rotatable bonds is 4. The van der Waals surface area contributed by atoms with E-state index in [-0.39, 0.29) is 11.3 Å². The van der Waals surface area contributed by atoms with Crippen molar-refractivity contribution >= 4 is 21.9 Å². The molecule has 0 aliphatic carbocycles. The van der Waals surface area contributed by atoms with Crippen LogP contribution in [0.1, 0.15) is 41.6 Å². The number of hydrogen-bond acceptors (Lipinski definition) is 3. The normalized spacial score (nSPS) is 17.2. The zero-order valence-corrected chi connectivity index (χ0v) is 12.8. The largest absolute Gasteiger partial charge is 0.478 e. The van der Waals surface area contributed by atoms with Crippen molar-refractivity contribution in [3.8, 4) is 0 Å². The van der Waals surface area contributed by atoms with E-state index in [1.165, 1.54) is 16.4 Å². The third-order valence-corrected chi connectivity index (χ3v) is 5.07. The number of nitrogens with one attached hydrogen (secondary N) is 1. The number of nitrogens with zero attached hydrogens (tertiary/aromatic N) is 1. The Morgan fingerprint density at radius 2 is 1.81 bits per heavy atom. The van der Waals surface area contributed by atoms with Gasteiger partial charge < -0.3 is 5.11 Å². The van der Waals surface area contributed by atoms with Crippen LogP contribution >= 0.6 is 0 Å². The number of anilines is 1. The van der Waals surface area contributed by atoms with Crippen LogP contribution in [-0.2, 0) is 10.2 Å². The summed E-state index contributed by atoms with van der Waals surface area (Å²) < 4.78 is 28.6. The predicted octanol–water partition coefficient (Wildman–Crippen LogP) is 2.23. The van der Waals surface area contributed by atoms with E-state index in [1.54, 1.807) is 13.0 Å². The fourth-order valence-corrected chi connectivity index (χ4v) is 3.73. The molecule has 6 nitrogen and oxygen atoms in total. The molecule has 1 heterocycles. The van der Waals surface area contributed by atoms with Gasteiger partial charge in [-0.15, -0.1) is 0 Å². The number of aromatic carboxylic acids is 1. The lowest BCUT2D eigenvalue weighted by Crippen LogP contribution is -2.36. The molecule has 0 bridgehead atoms. The lowest BCUT2D eigenvalue weighted by atomic mass is 10.1. The molecule has 1 aromatic carbocycles. The molecule has 0 spiro atoms. The average Bonchev–Trinajstić information content (AvgIpc) is 2.70. The van der Waals surface area contributed by atoms with Crippen LogP contribution in [0.15, 0.2) is 18.2 Å². The van der Waals surface area contributed by atoms with Gasteiger partial charge in [0.2, 0.25) is 0 Å². The highest BCUT2D eigenvalue weighted by Gasteiger charge is 2.24. The van der Waals surface area contributed by atoms with Gasteiger partial charge in [0.25, 0.3) is 0 Å². The molecule has 1 saturated heterocycles. The maximum absolute atomic E-state index is 12.4. The van der Waals surface area contributed by atoms with Gasteiger partial charge in [0.05, 0.1) is 11.3 Å². The topological polar surface area (TPSA) is 86.7 Å². The minimum atomic E-state index is -3.71. The number of carboxylic acids is 1. The SMILES string of the molecule is Cc1ccc(NS(=O)(=O)N2CCCCCC2)c(C(=O)O)c1. The van der Waals surface area contributed by atoms with Gasteiger partial charge in [-0.3, -0.25) is 4.72 Å². The molecule has 0 aromatic heterocycles. The molecule has 0 saturated carbocycles. The fraction of sp³-hybridized carbons (Fsp3) is 0.500. The third kappa shape index (κ3) is 3.95. The average molecular weight is 312 g/mol. The quantitative estimate of drug-likeness (QED) is 0.892. The first-order chi connectivity index (χ1) is 9.90. The van der Waals surface area contributed by atoms with Crippen LogP contribution in [0.25, 0.3) is 0 Å². The molecule has 1 aliphatic heterocycles. The highest BCUT2D eigenvalue weighted by molar-refractivity contribution is 7.90. The molecule has 2 N–H and O–H groups in total. The van der Waals surface area contributed by atoms with Gasteiger partial charge in [0, 0.05) is 13.1 Å². The molecule has 2 rings (SSSR count). The monoisotopic (exact) mass is 312 g/mol. The Hall–Kier alpha value is -1.60. The Kier molecular flexibility index (Phi) is 4.84. The summed E-state index contributed by atoms with van der Waals surface area (Å²) in [5.74, 6) is -1.15. The van der Waals surface area contributed by atoms with E-state index in [1.807, 2.05) is 0 Å². The molecule has 1 fully saturated rings. The molecule has 7 heteroatoms. The van der Waals surface area contributed by atoms with Gasteiger partial charge in [-0.2, -0.15) is 12.7 Å². The van der Waals surface area contributed by atoms with Crippen molar-refractivity contribution in [1.82, 2.24) is 4.31 Å². The maximum atomic E-state index is 12.4. The number of benzene rings is 1. The van der Waals surface area contributed by atoms with Crippen LogP contribution in [0.4, 0.5) is 5.69 Å². The minimum absolute atomic E-state index is 0.0339. The van der Waals surface area contributed by atoms with Crippen LogP contribution in [-0.4, -0.2) is 36.9 Å². The standard InChI is InChI=1S/C14H20N2O4S/c1-11-6-7-13(12(10-11)14(17)18)15-21(19,20)16-8-4-2-3-5-9-16/h6-7,10,15H,2-5,8-9H2,1H3,(H,17,18). The number of carboxylic acid groups (broad SMARTS) is 1. The summed E-state index contributed by atoms with van der Waals surface area (Å²) >= 11 is 0. The molecule has 116 valence electrons. The van der Waals surface area contributed by atoms with Gasteiger partial charge >= 0.3 is 16.2 Å². The third-order valence-electron chi connectivity index (χ3n) is 3.55. The summed E-state index contributed by atoms with van der Waals surface area (Å²) in [5.41, 5.74) is 0.843. The second kappa shape index (κ2) is 6.44. The van der Waals surface area contributed by atoms with Crippen molar-refractivity contribution in [2.45, 2.75) is 32.6 Å². The van der Waals surface area contributed by atoms with Crippen molar-refractivity contribution in [2.75, 3.05) is 17.8 Å². The zero-order chi connectivity index (χ0) is 15.5. The summed E-state index contributed by atoms with van der Waals surface area (Å²) in [7, 11) is -3.71. The zero-order valence-electron chi connectivity index (χ0n) is 12.0. The van der Waals surface area contributed by atoms with E-state index >= 15 is 0 Å². The Balaban J connectivity index is 2.25. The van der Waals surface area contributed by atoms with E-state index < -0.39 is 16.2 Å². The van der Waals surface area contributed by atoms with Crippen molar-refractivity contribution in [3.63, 3.8) is 0 Å². The second-order valence-corrected chi connectivity index (χ2v) is 6.95. The number of aryl methyl sites for hydroxylation is 1. The molecule has 1 aliphatic rings. The van der Waals surface area contributed by atoms with Crippen molar-refractivity contribution < 1.29 is 18.3 Å². The molecule has 0 atom stereocenters. The molecular formula is C14H20N2O4S. The van der Waals surface area contributed by atoms with Gasteiger partial charge in [-0.1, -0.05) is 24.5 Å². The van der Waals surface area contributed by atoms with Gasteiger partial charge in [-0.05, 0) is 31.9 Å². The summed E-state index contributed by atoms with van der Waals surface area (Å²) in [6, 6.07) is 4.64. The smallest absolute Gasteiger partial charge is 0.337 e. The molecule has 0 unspecified atom stereocenters. The molecule has 0 amide bonds. The molecular weight excluding hydrogens is 292 g/mol. The van der Waals surface area contributed by atoms with E-state index in [0.29, 0.717) is 13.1 Å². The Morgan fingerprint density at radius 3 is 2.38 bits per heavy atom. The van der Waals surface area contributed by atoms with E-state index in [9.17, 15) is 18.3 Å². The van der Waals surface area contributed by atoms with Crippen molar-refractivity contribution in [2.24, 2.45) is 0 Å². The van der Waals surface area contributed by atoms with Crippen LogP contribution in [0.3, 0.4) is 0 Å². The van der Waals surface area contributed by atoms with Gasteiger partial charge in [0.15, 0.2) is 0 Å². The minimum Gasteiger partial charge on any atom is -0.478 e. The van der Waals surface area contributed by atoms with Crippen molar-refractivity contribution in [1.29, 1.82) is 0 Å². The van der Waals surface area contributed by atoms with Crippen LogP contribution in [0.2, 0.25) is 0 Å². The Bertz CT molecular complexity index is 620. The highest BCUT2D eigenvalue weighted by Crippen LogP contribution is 2.21. The summed E-state index contributed by atoms with van der Waals surface area (Å²) in [6.45, 7) is 2.71. The molecule has 0 radical (unpaired) electrons. The van der Waals surface area contributed by atoms with Crippen LogP contribution in [0.5, 0.6) is 0 Å². The molecule has 1 aromatic rings. The van der Waals surface area contributed by atoms with Gasteiger partial charge in [0.1, 0.15) is 0 Å². The fourth-order valence-electron chi connectivity index (χ4n) is 2.41. The first-order valence-electron chi connectivity index (χ1n) is 7.02. The van der Waals surface area contributed by atoms with E-state index in [2.05, 4.69) is 4.72 Å². The first-order valence-corrected chi connectivity index (χ1v) is 8.46. The lowest BCUT2D eigenvalue weighted by molar-refractivity contribution is 0.0698. The summed E-state index contributed by atoms with van der Waals surface area (Å²) in [6.07, 6.45) is 3.72.